The molecule has 18 heavy (non-hydrogen) atoms. The van der Waals surface area contributed by atoms with Crippen LogP contribution in [0, 0.1) is 0 Å². The van der Waals surface area contributed by atoms with Crippen molar-refractivity contribution in [2.24, 2.45) is 0 Å². The monoisotopic (exact) mass is 249 g/mol. The predicted molar refractivity (Wildman–Crippen MR) is 76.9 cm³/mol. The van der Waals surface area contributed by atoms with Crippen LogP contribution in [0.25, 0.3) is 0 Å². The normalized spacial score (nSPS) is 10.4. The van der Waals surface area contributed by atoms with Crippen LogP contribution in [0.4, 0.5) is 11.4 Å². The van der Waals surface area contributed by atoms with E-state index in [0.29, 0.717) is 11.3 Å². The highest BCUT2D eigenvalue weighted by Crippen LogP contribution is 2.19. The fraction of sp³-hybridized carbons (Fsp3) is 0.500. The average molecular weight is 249 g/mol. The van der Waals surface area contributed by atoms with Gasteiger partial charge in [0.25, 0.3) is 5.91 Å². The molecule has 0 aliphatic rings. The van der Waals surface area contributed by atoms with E-state index in [4.69, 9.17) is 5.73 Å². The van der Waals surface area contributed by atoms with Crippen molar-refractivity contribution >= 4 is 17.3 Å². The van der Waals surface area contributed by atoms with Gasteiger partial charge in [-0.15, -0.1) is 0 Å². The maximum absolute atomic E-state index is 12.1. The second-order valence-corrected chi connectivity index (χ2v) is 4.71. The number of unbranched alkanes of at least 4 members (excludes halogenated alkanes) is 1. The van der Waals surface area contributed by atoms with Gasteiger partial charge in [-0.25, -0.2) is 0 Å². The van der Waals surface area contributed by atoms with E-state index in [0.717, 1.165) is 25.1 Å². The number of carbonyl (C=O) groups excluding carboxylic acids is 1. The molecule has 1 rings (SSSR count). The number of anilines is 2. The summed E-state index contributed by atoms with van der Waals surface area (Å²) in [6.07, 6.45) is 2.20. The molecule has 1 aromatic rings. The first kappa shape index (κ1) is 14.4. The molecule has 0 fully saturated rings. The van der Waals surface area contributed by atoms with Gasteiger partial charge >= 0.3 is 0 Å². The third-order valence-corrected chi connectivity index (χ3v) is 2.55. The number of nitrogens with one attached hydrogen (secondary N) is 2. The molecule has 0 spiro atoms. The first-order chi connectivity index (χ1) is 8.54. The Hall–Kier alpha value is -1.71. The fourth-order valence-corrected chi connectivity index (χ4v) is 1.64. The first-order valence-corrected chi connectivity index (χ1v) is 6.48. The van der Waals surface area contributed by atoms with Crippen LogP contribution in [0.2, 0.25) is 0 Å². The zero-order valence-corrected chi connectivity index (χ0v) is 11.4. The minimum Gasteiger partial charge on any atom is -0.399 e. The Kier molecular flexibility index (Phi) is 5.49. The van der Waals surface area contributed by atoms with Gasteiger partial charge < -0.3 is 16.4 Å². The Morgan fingerprint density at radius 3 is 2.72 bits per heavy atom. The predicted octanol–water partition coefficient (Wildman–Crippen LogP) is 2.62. The molecule has 100 valence electrons. The minimum atomic E-state index is -0.0868. The summed E-state index contributed by atoms with van der Waals surface area (Å²) >= 11 is 0. The average Bonchev–Trinajstić information content (AvgIpc) is 2.30. The summed E-state index contributed by atoms with van der Waals surface area (Å²) in [5, 5.41) is 6.16. The van der Waals surface area contributed by atoms with Crippen molar-refractivity contribution in [1.29, 1.82) is 0 Å². The summed E-state index contributed by atoms with van der Waals surface area (Å²) in [5.41, 5.74) is 7.80. The highest BCUT2D eigenvalue weighted by molar-refractivity contribution is 6.00. The number of hydrogen-bond acceptors (Lipinski definition) is 3. The number of nitrogens with two attached hydrogens (primary N) is 1. The van der Waals surface area contributed by atoms with E-state index in [9.17, 15) is 4.79 Å². The lowest BCUT2D eigenvalue weighted by Gasteiger charge is -2.14. The SMILES string of the molecule is CCCCNc1ccc(N)cc1C(=O)NC(C)C. The van der Waals surface area contributed by atoms with Crippen molar-refractivity contribution in [2.75, 3.05) is 17.6 Å². The van der Waals surface area contributed by atoms with Crippen molar-refractivity contribution in [3.05, 3.63) is 23.8 Å². The van der Waals surface area contributed by atoms with Crippen molar-refractivity contribution in [3.63, 3.8) is 0 Å². The fourth-order valence-electron chi connectivity index (χ4n) is 1.64. The summed E-state index contributed by atoms with van der Waals surface area (Å²) in [5.74, 6) is -0.0868. The number of nitrogen functional groups attached to an aromatic ring is 1. The van der Waals surface area contributed by atoms with E-state index in [2.05, 4.69) is 17.6 Å². The molecule has 0 radical (unpaired) electrons. The number of carbonyl (C=O) groups is 1. The second kappa shape index (κ2) is 6.89. The van der Waals surface area contributed by atoms with Crippen LogP contribution in [0.5, 0.6) is 0 Å². The third-order valence-electron chi connectivity index (χ3n) is 2.55. The minimum absolute atomic E-state index is 0.0868. The van der Waals surface area contributed by atoms with Gasteiger partial charge in [-0.3, -0.25) is 4.79 Å². The van der Waals surface area contributed by atoms with Crippen LogP contribution < -0.4 is 16.4 Å². The summed E-state index contributed by atoms with van der Waals surface area (Å²) in [7, 11) is 0. The molecule has 4 N–H and O–H groups in total. The third kappa shape index (κ3) is 4.28. The van der Waals surface area contributed by atoms with E-state index in [1.54, 1.807) is 12.1 Å². The zero-order chi connectivity index (χ0) is 13.5. The molecule has 0 saturated carbocycles. The van der Waals surface area contributed by atoms with Crippen molar-refractivity contribution in [2.45, 2.75) is 39.7 Å². The van der Waals surface area contributed by atoms with E-state index < -0.39 is 0 Å². The van der Waals surface area contributed by atoms with Crippen molar-refractivity contribution < 1.29 is 4.79 Å². The largest absolute Gasteiger partial charge is 0.399 e. The molecule has 4 heteroatoms. The number of amides is 1. The van der Waals surface area contributed by atoms with Gasteiger partial charge in [0.15, 0.2) is 0 Å². The van der Waals surface area contributed by atoms with E-state index in [1.807, 2.05) is 19.9 Å². The molecular formula is C14H23N3O. The lowest BCUT2D eigenvalue weighted by atomic mass is 10.1. The van der Waals surface area contributed by atoms with Crippen molar-refractivity contribution in [3.8, 4) is 0 Å². The highest BCUT2D eigenvalue weighted by atomic mass is 16.1. The van der Waals surface area contributed by atoms with E-state index in [1.165, 1.54) is 0 Å². The molecule has 0 aromatic heterocycles. The highest BCUT2D eigenvalue weighted by Gasteiger charge is 2.12. The van der Waals surface area contributed by atoms with Crippen LogP contribution in [-0.2, 0) is 0 Å². The summed E-state index contributed by atoms with van der Waals surface area (Å²) in [6, 6.07) is 5.49. The first-order valence-electron chi connectivity index (χ1n) is 6.48. The second-order valence-electron chi connectivity index (χ2n) is 4.71. The molecule has 1 amide bonds. The molecule has 0 saturated heterocycles. The topological polar surface area (TPSA) is 67.1 Å². The smallest absolute Gasteiger partial charge is 0.253 e. The molecule has 0 aliphatic carbocycles. The van der Waals surface area contributed by atoms with E-state index >= 15 is 0 Å². The summed E-state index contributed by atoms with van der Waals surface area (Å²) in [6.45, 7) is 6.88. The van der Waals surface area contributed by atoms with Crippen LogP contribution >= 0.6 is 0 Å². The van der Waals surface area contributed by atoms with Gasteiger partial charge in [0.05, 0.1) is 5.56 Å². The van der Waals surface area contributed by atoms with E-state index in [-0.39, 0.29) is 11.9 Å². The standard InChI is InChI=1S/C14H23N3O/c1-4-5-8-16-13-7-6-11(15)9-12(13)14(18)17-10(2)3/h6-7,9-10,16H,4-5,8,15H2,1-3H3,(H,17,18). The number of benzene rings is 1. The number of rotatable bonds is 6. The molecule has 0 atom stereocenters. The zero-order valence-electron chi connectivity index (χ0n) is 11.4. The molecule has 0 bridgehead atoms. The summed E-state index contributed by atoms with van der Waals surface area (Å²) in [4.78, 5) is 12.1. The Morgan fingerprint density at radius 1 is 1.39 bits per heavy atom. The van der Waals surface area contributed by atoms with Gasteiger partial charge in [0.2, 0.25) is 0 Å². The Bertz CT molecular complexity index is 402. The lowest BCUT2D eigenvalue weighted by Crippen LogP contribution is -2.30. The van der Waals surface area contributed by atoms with Gasteiger partial charge in [-0.2, -0.15) is 0 Å². The van der Waals surface area contributed by atoms with Crippen LogP contribution in [0.1, 0.15) is 44.0 Å². The molecular weight excluding hydrogens is 226 g/mol. The molecule has 0 heterocycles. The Balaban J connectivity index is 2.85. The Labute approximate surface area is 109 Å². The maximum Gasteiger partial charge on any atom is 0.253 e. The van der Waals surface area contributed by atoms with Gasteiger partial charge in [-0.1, -0.05) is 13.3 Å². The molecule has 0 aliphatic heterocycles. The van der Waals surface area contributed by atoms with Crippen LogP contribution in [0.3, 0.4) is 0 Å². The van der Waals surface area contributed by atoms with Crippen LogP contribution in [0.15, 0.2) is 18.2 Å². The quantitative estimate of drug-likeness (QED) is 0.536. The lowest BCUT2D eigenvalue weighted by molar-refractivity contribution is 0.0944. The molecule has 4 nitrogen and oxygen atoms in total. The van der Waals surface area contributed by atoms with Gasteiger partial charge in [-0.05, 0) is 38.5 Å². The summed E-state index contributed by atoms with van der Waals surface area (Å²) < 4.78 is 0. The van der Waals surface area contributed by atoms with Crippen LogP contribution in [-0.4, -0.2) is 18.5 Å². The van der Waals surface area contributed by atoms with Crippen molar-refractivity contribution in [1.82, 2.24) is 5.32 Å². The maximum atomic E-state index is 12.1. The molecule has 0 unspecified atom stereocenters. The van der Waals surface area contributed by atoms with Gasteiger partial charge in [0, 0.05) is 24.0 Å². The number of hydrogen-bond donors (Lipinski definition) is 3. The van der Waals surface area contributed by atoms with Gasteiger partial charge in [0.1, 0.15) is 0 Å². The Morgan fingerprint density at radius 2 is 2.11 bits per heavy atom. The molecule has 1 aromatic carbocycles.